The van der Waals surface area contributed by atoms with Gasteiger partial charge in [0.25, 0.3) is 5.91 Å². The Kier molecular flexibility index (Phi) is 4.78. The lowest BCUT2D eigenvalue weighted by Crippen LogP contribution is -2.12. The van der Waals surface area contributed by atoms with Crippen molar-refractivity contribution in [2.24, 2.45) is 0 Å². The first-order valence-electron chi connectivity index (χ1n) is 6.07. The second kappa shape index (κ2) is 6.76. The van der Waals surface area contributed by atoms with Crippen LogP contribution in [0.5, 0.6) is 0 Å². The smallest absolute Gasteiger partial charge is 0.338 e. The normalized spacial score (nSPS) is 10.1. The Labute approximate surface area is 120 Å². The van der Waals surface area contributed by atoms with E-state index in [0.717, 1.165) is 18.1 Å². The maximum absolute atomic E-state index is 11.7. The molecule has 6 nitrogen and oxygen atoms in total. The van der Waals surface area contributed by atoms with E-state index in [9.17, 15) is 9.59 Å². The number of nitrogens with zero attached hydrogens (tertiary/aromatic N) is 2. The zero-order chi connectivity index (χ0) is 14.4. The van der Waals surface area contributed by atoms with E-state index in [-0.39, 0.29) is 17.6 Å². The molecular formula is C13H13N3O3S. The number of anilines is 1. The van der Waals surface area contributed by atoms with Gasteiger partial charge in [-0.05, 0) is 30.7 Å². The lowest BCUT2D eigenvalue weighted by Gasteiger charge is -2.05. The van der Waals surface area contributed by atoms with Crippen LogP contribution in [0.15, 0.2) is 30.5 Å². The van der Waals surface area contributed by atoms with Crippen molar-refractivity contribution in [3.63, 3.8) is 0 Å². The predicted molar refractivity (Wildman–Crippen MR) is 74.9 cm³/mol. The summed E-state index contributed by atoms with van der Waals surface area (Å²) in [5.41, 5.74) is 1.29. The molecule has 2 aromatic rings. The van der Waals surface area contributed by atoms with Gasteiger partial charge in [0.1, 0.15) is 0 Å². The zero-order valence-electron chi connectivity index (χ0n) is 10.8. The standard InChI is InChI=1S/C13H13N3O3S/c1-2-7-19-13(18)9-3-5-10(6-4-9)15-12(17)11-8-14-20-16-11/h3-6,8H,2,7H2,1H3,(H,15,17). The largest absolute Gasteiger partial charge is 0.462 e. The van der Waals surface area contributed by atoms with Gasteiger partial charge in [-0.25, -0.2) is 4.79 Å². The van der Waals surface area contributed by atoms with Crippen molar-refractivity contribution in [3.8, 4) is 0 Å². The number of carbonyl (C=O) groups is 2. The van der Waals surface area contributed by atoms with Gasteiger partial charge >= 0.3 is 5.97 Å². The molecule has 7 heteroatoms. The predicted octanol–water partition coefficient (Wildman–Crippen LogP) is 2.36. The van der Waals surface area contributed by atoms with Gasteiger partial charge in [0.05, 0.1) is 30.1 Å². The number of nitrogens with one attached hydrogen (secondary N) is 1. The molecular weight excluding hydrogens is 278 g/mol. The van der Waals surface area contributed by atoms with Crippen molar-refractivity contribution in [2.45, 2.75) is 13.3 Å². The van der Waals surface area contributed by atoms with Crippen molar-refractivity contribution in [1.82, 2.24) is 8.75 Å². The summed E-state index contributed by atoms with van der Waals surface area (Å²) in [5.74, 6) is -0.700. The Morgan fingerprint density at radius 1 is 1.30 bits per heavy atom. The van der Waals surface area contributed by atoms with Gasteiger partial charge in [-0.15, -0.1) is 0 Å². The summed E-state index contributed by atoms with van der Waals surface area (Å²) in [4.78, 5) is 23.3. The fraction of sp³-hybridized carbons (Fsp3) is 0.231. The van der Waals surface area contributed by atoms with E-state index >= 15 is 0 Å². The van der Waals surface area contributed by atoms with E-state index in [1.165, 1.54) is 6.20 Å². The molecule has 0 aliphatic heterocycles. The SMILES string of the molecule is CCCOC(=O)c1ccc(NC(=O)c2cnsn2)cc1. The highest BCUT2D eigenvalue weighted by molar-refractivity contribution is 6.99. The van der Waals surface area contributed by atoms with Crippen molar-refractivity contribution in [1.29, 1.82) is 0 Å². The summed E-state index contributed by atoms with van der Waals surface area (Å²) >= 11 is 0.970. The summed E-state index contributed by atoms with van der Waals surface area (Å²) in [6.07, 6.45) is 2.18. The highest BCUT2D eigenvalue weighted by Gasteiger charge is 2.10. The van der Waals surface area contributed by atoms with Crippen LogP contribution in [0.4, 0.5) is 5.69 Å². The Morgan fingerprint density at radius 2 is 2.05 bits per heavy atom. The van der Waals surface area contributed by atoms with Crippen LogP contribution in [0.1, 0.15) is 34.2 Å². The number of amides is 1. The number of ether oxygens (including phenoxy) is 1. The Bertz CT molecular complexity index is 581. The van der Waals surface area contributed by atoms with Crippen LogP contribution in [-0.4, -0.2) is 27.2 Å². The van der Waals surface area contributed by atoms with Crippen LogP contribution in [0.2, 0.25) is 0 Å². The first kappa shape index (κ1) is 14.1. The number of esters is 1. The molecule has 0 unspecified atom stereocenters. The second-order valence-electron chi connectivity index (χ2n) is 3.96. The average Bonchev–Trinajstić information content (AvgIpc) is 3.00. The molecule has 0 spiro atoms. The van der Waals surface area contributed by atoms with Crippen molar-refractivity contribution in [3.05, 3.63) is 41.7 Å². The van der Waals surface area contributed by atoms with Gasteiger partial charge < -0.3 is 10.1 Å². The third kappa shape index (κ3) is 3.61. The van der Waals surface area contributed by atoms with Gasteiger partial charge in [0.15, 0.2) is 5.69 Å². The number of benzene rings is 1. The van der Waals surface area contributed by atoms with Gasteiger partial charge in [0, 0.05) is 5.69 Å². The van der Waals surface area contributed by atoms with Crippen LogP contribution >= 0.6 is 11.7 Å². The molecule has 0 aliphatic carbocycles. The third-order valence-corrected chi connectivity index (χ3v) is 2.89. The van der Waals surface area contributed by atoms with Crippen molar-refractivity contribution >= 4 is 29.3 Å². The maximum Gasteiger partial charge on any atom is 0.338 e. The van der Waals surface area contributed by atoms with E-state index in [1.807, 2.05) is 6.92 Å². The van der Waals surface area contributed by atoms with Crippen molar-refractivity contribution in [2.75, 3.05) is 11.9 Å². The molecule has 1 amide bonds. The molecule has 0 atom stereocenters. The van der Waals surface area contributed by atoms with Crippen LogP contribution < -0.4 is 5.32 Å². The molecule has 1 N–H and O–H groups in total. The Balaban J connectivity index is 1.98. The lowest BCUT2D eigenvalue weighted by molar-refractivity contribution is 0.0505. The van der Waals surface area contributed by atoms with Gasteiger partial charge in [0.2, 0.25) is 0 Å². The van der Waals surface area contributed by atoms with Crippen LogP contribution in [0.3, 0.4) is 0 Å². The minimum atomic E-state index is -0.367. The molecule has 0 fully saturated rings. The highest BCUT2D eigenvalue weighted by Crippen LogP contribution is 2.12. The number of hydrogen-bond acceptors (Lipinski definition) is 6. The number of carbonyl (C=O) groups excluding carboxylic acids is 2. The van der Waals surface area contributed by atoms with E-state index in [1.54, 1.807) is 24.3 Å². The first-order valence-corrected chi connectivity index (χ1v) is 6.80. The fourth-order valence-corrected chi connectivity index (χ4v) is 1.84. The second-order valence-corrected chi connectivity index (χ2v) is 4.52. The topological polar surface area (TPSA) is 81.2 Å². The Hall–Kier alpha value is -2.28. The van der Waals surface area contributed by atoms with Crippen molar-refractivity contribution < 1.29 is 14.3 Å². The fourth-order valence-electron chi connectivity index (χ4n) is 1.43. The monoisotopic (exact) mass is 291 g/mol. The molecule has 1 aromatic heterocycles. The quantitative estimate of drug-likeness (QED) is 0.855. The maximum atomic E-state index is 11.7. The van der Waals surface area contributed by atoms with E-state index in [4.69, 9.17) is 4.74 Å². The number of aromatic nitrogens is 2. The highest BCUT2D eigenvalue weighted by atomic mass is 32.1. The molecule has 1 aromatic carbocycles. The van der Waals surface area contributed by atoms with Gasteiger partial charge in [-0.3, -0.25) is 4.79 Å². The summed E-state index contributed by atoms with van der Waals surface area (Å²) in [7, 11) is 0. The van der Waals surface area contributed by atoms with Crippen LogP contribution in [0, 0.1) is 0 Å². The molecule has 0 aliphatic rings. The summed E-state index contributed by atoms with van der Waals surface area (Å²) in [6, 6.07) is 6.49. The Morgan fingerprint density at radius 3 is 2.65 bits per heavy atom. The van der Waals surface area contributed by atoms with Gasteiger partial charge in [-0.2, -0.15) is 8.75 Å². The van der Waals surface area contributed by atoms with Crippen LogP contribution in [0.25, 0.3) is 0 Å². The first-order chi connectivity index (χ1) is 9.70. The minimum absolute atomic E-state index is 0.265. The number of rotatable bonds is 5. The molecule has 0 radical (unpaired) electrons. The van der Waals surface area contributed by atoms with Gasteiger partial charge in [-0.1, -0.05) is 6.92 Å². The molecule has 0 bridgehead atoms. The molecule has 0 saturated heterocycles. The zero-order valence-corrected chi connectivity index (χ0v) is 11.6. The molecule has 104 valence electrons. The van der Waals surface area contributed by atoms with E-state index in [2.05, 4.69) is 14.1 Å². The summed E-state index contributed by atoms with van der Waals surface area (Å²) in [6.45, 7) is 2.33. The minimum Gasteiger partial charge on any atom is -0.462 e. The average molecular weight is 291 g/mol. The number of hydrogen-bond donors (Lipinski definition) is 1. The summed E-state index contributed by atoms with van der Waals surface area (Å²) in [5, 5.41) is 2.67. The molecule has 2 rings (SSSR count). The van der Waals surface area contributed by atoms with E-state index < -0.39 is 0 Å². The lowest BCUT2D eigenvalue weighted by atomic mass is 10.2. The molecule has 20 heavy (non-hydrogen) atoms. The van der Waals surface area contributed by atoms with Crippen LogP contribution in [-0.2, 0) is 4.74 Å². The molecule has 0 saturated carbocycles. The molecule has 1 heterocycles. The summed E-state index contributed by atoms with van der Waals surface area (Å²) < 4.78 is 12.6. The van der Waals surface area contributed by atoms with E-state index in [0.29, 0.717) is 17.9 Å². The third-order valence-electron chi connectivity index (χ3n) is 2.41.